The van der Waals surface area contributed by atoms with Crippen LogP contribution in [0.4, 0.5) is 13.2 Å². The maximum Gasteiger partial charge on any atom is 0.408 e. The smallest absolute Gasteiger partial charge is 0.345 e. The Balaban J connectivity index is 1.26. The Morgan fingerprint density at radius 2 is 1.69 bits per heavy atom. The van der Waals surface area contributed by atoms with E-state index in [0.717, 1.165) is 47.1 Å². The summed E-state index contributed by atoms with van der Waals surface area (Å²) in [6, 6.07) is 4.14. The van der Waals surface area contributed by atoms with Gasteiger partial charge in [0, 0.05) is 67.9 Å². The number of ketones is 2. The van der Waals surface area contributed by atoms with Crippen LogP contribution in [0.5, 0.6) is 0 Å². The molecule has 3 atom stereocenters. The Kier molecular flexibility index (Phi) is 9.24. The van der Waals surface area contributed by atoms with Gasteiger partial charge in [-0.05, 0) is 68.4 Å². The summed E-state index contributed by atoms with van der Waals surface area (Å²) in [5.41, 5.74) is 3.12. The van der Waals surface area contributed by atoms with Gasteiger partial charge >= 0.3 is 6.18 Å². The Morgan fingerprint density at radius 1 is 0.962 bits per heavy atom. The van der Waals surface area contributed by atoms with Crippen molar-refractivity contribution < 1.29 is 32.3 Å². The fourth-order valence-electron chi connectivity index (χ4n) is 8.14. The van der Waals surface area contributed by atoms with Gasteiger partial charge in [0.1, 0.15) is 24.6 Å². The number of aryl methyl sites for hydroxylation is 2. The van der Waals surface area contributed by atoms with E-state index in [1.807, 2.05) is 12.1 Å². The molecule has 0 radical (unpaired) electrons. The predicted molar refractivity (Wildman–Crippen MR) is 183 cm³/mol. The number of aromatic nitrogens is 6. The molecule has 3 aromatic heterocycles. The van der Waals surface area contributed by atoms with Crippen molar-refractivity contribution in [2.75, 3.05) is 13.6 Å². The van der Waals surface area contributed by atoms with Gasteiger partial charge in [-0.3, -0.25) is 28.5 Å². The molecular weight excluding hydrogens is 677 g/mol. The van der Waals surface area contributed by atoms with Crippen LogP contribution in [0.25, 0.3) is 22.0 Å². The number of amides is 2. The quantitative estimate of drug-likeness (QED) is 0.257. The molecule has 1 aliphatic carbocycles. The summed E-state index contributed by atoms with van der Waals surface area (Å²) in [6.07, 6.45) is 5.22. The van der Waals surface area contributed by atoms with E-state index >= 15 is 0 Å². The number of carbonyl (C=O) groups is 4. The maximum atomic E-state index is 14.5. The van der Waals surface area contributed by atoms with E-state index in [9.17, 15) is 32.3 Å². The average Bonchev–Trinajstić information content (AvgIpc) is 3.34. The molecule has 1 aromatic carbocycles. The van der Waals surface area contributed by atoms with Gasteiger partial charge < -0.3 is 9.80 Å². The minimum atomic E-state index is -4.47. The summed E-state index contributed by atoms with van der Waals surface area (Å²) in [5.74, 6) is -0.302. The number of rotatable bonds is 6. The first kappa shape index (κ1) is 35.5. The number of hydrogen-bond donors (Lipinski definition) is 0. The van der Waals surface area contributed by atoms with E-state index in [4.69, 9.17) is 5.10 Å². The van der Waals surface area contributed by atoms with E-state index in [2.05, 4.69) is 15.1 Å². The van der Waals surface area contributed by atoms with E-state index in [0.29, 0.717) is 49.0 Å². The molecule has 5 heterocycles. The number of piperidine rings is 1. The number of alkyl halides is 3. The van der Waals surface area contributed by atoms with Gasteiger partial charge in [0.25, 0.3) is 0 Å². The molecule has 7 rings (SSSR count). The molecule has 52 heavy (non-hydrogen) atoms. The van der Waals surface area contributed by atoms with Gasteiger partial charge in [0.05, 0.1) is 23.7 Å². The molecule has 0 N–H and O–H groups in total. The van der Waals surface area contributed by atoms with Crippen molar-refractivity contribution in [3.63, 3.8) is 0 Å². The van der Waals surface area contributed by atoms with E-state index in [-0.39, 0.29) is 53.8 Å². The zero-order valence-electron chi connectivity index (χ0n) is 29.4. The fraction of sp³-hybridized carbons (Fsp3) is 0.514. The van der Waals surface area contributed by atoms with Crippen molar-refractivity contribution in [2.45, 2.75) is 103 Å². The van der Waals surface area contributed by atoms with E-state index < -0.39 is 24.2 Å². The second-order valence-corrected chi connectivity index (χ2v) is 14.6. The zero-order valence-corrected chi connectivity index (χ0v) is 29.4. The molecule has 2 amide bonds. The number of Topliss-reactive ketones (excluding diaryl/α,β-unsaturated/α-hetero) is 2. The molecule has 4 aromatic rings. The van der Waals surface area contributed by atoms with Gasteiger partial charge in [-0.2, -0.15) is 23.4 Å². The van der Waals surface area contributed by atoms with Crippen molar-refractivity contribution in [3.05, 3.63) is 59.6 Å². The third-order valence-corrected chi connectivity index (χ3v) is 10.7. The Morgan fingerprint density at radius 3 is 2.40 bits per heavy atom. The lowest BCUT2D eigenvalue weighted by Crippen LogP contribution is -2.45. The summed E-state index contributed by atoms with van der Waals surface area (Å²) >= 11 is 0. The molecule has 1 saturated heterocycles. The molecule has 274 valence electrons. The fourth-order valence-corrected chi connectivity index (χ4v) is 8.14. The Hall–Kier alpha value is -4.95. The SMILES string of the molecule is CC(=O)c1nn2c3c(cc(-c4cnc(C)nc4)cc13)CCCCCCC(=O)N(C)C[C@@]13C[C@@H](C(=O)Cc4ccn(CC(F)(F)F)n4)N(C(=O)C2)[C@@H]1C3. The minimum absolute atomic E-state index is 0.0128. The molecule has 2 aliphatic heterocycles. The van der Waals surface area contributed by atoms with Gasteiger partial charge in [-0.1, -0.05) is 12.8 Å². The predicted octanol–water partition coefficient (Wildman–Crippen LogP) is 4.90. The lowest BCUT2D eigenvalue weighted by atomic mass is 9.94. The Bertz CT molecular complexity index is 2060. The van der Waals surface area contributed by atoms with Crippen molar-refractivity contribution >= 4 is 34.3 Å². The molecule has 12 nitrogen and oxygen atoms in total. The number of benzene rings is 1. The molecule has 1 saturated carbocycles. The Labute approximate surface area is 298 Å². The molecule has 0 unspecified atom stereocenters. The van der Waals surface area contributed by atoms with Gasteiger partial charge in [0.2, 0.25) is 11.8 Å². The van der Waals surface area contributed by atoms with Crippen LogP contribution >= 0.6 is 0 Å². The summed E-state index contributed by atoms with van der Waals surface area (Å²) in [5, 5.41) is 9.28. The zero-order chi connectivity index (χ0) is 36.9. The normalized spacial score (nSPS) is 22.8. The summed E-state index contributed by atoms with van der Waals surface area (Å²) < 4.78 is 41.2. The highest BCUT2D eigenvalue weighted by Gasteiger charge is 2.67. The van der Waals surface area contributed by atoms with Crippen molar-refractivity contribution in [2.24, 2.45) is 5.41 Å². The third-order valence-electron chi connectivity index (χ3n) is 10.7. The summed E-state index contributed by atoms with van der Waals surface area (Å²) in [7, 11) is 1.76. The molecular formula is C37H41F3N8O4. The van der Waals surface area contributed by atoms with Crippen LogP contribution in [0.1, 0.15) is 79.4 Å². The number of nitrogens with zero attached hydrogens (tertiary/aromatic N) is 8. The lowest BCUT2D eigenvalue weighted by molar-refractivity contribution is -0.142. The van der Waals surface area contributed by atoms with Crippen LogP contribution in [-0.4, -0.2) is 94.6 Å². The highest BCUT2D eigenvalue weighted by Crippen LogP contribution is 2.60. The summed E-state index contributed by atoms with van der Waals surface area (Å²) in [6.45, 7) is 2.13. The topological polar surface area (TPSA) is 136 Å². The van der Waals surface area contributed by atoms with Crippen LogP contribution in [0.3, 0.4) is 0 Å². The third kappa shape index (κ3) is 7.09. The first-order chi connectivity index (χ1) is 24.7. The van der Waals surface area contributed by atoms with Crippen molar-refractivity contribution in [1.82, 2.24) is 39.3 Å². The monoisotopic (exact) mass is 718 g/mol. The van der Waals surface area contributed by atoms with Crippen LogP contribution < -0.4 is 0 Å². The van der Waals surface area contributed by atoms with Crippen LogP contribution in [0.2, 0.25) is 0 Å². The number of hydrogen-bond acceptors (Lipinski definition) is 8. The van der Waals surface area contributed by atoms with Gasteiger partial charge in [-0.25, -0.2) is 9.97 Å². The average molecular weight is 719 g/mol. The van der Waals surface area contributed by atoms with Crippen LogP contribution in [0, 0.1) is 12.3 Å². The van der Waals surface area contributed by atoms with Crippen molar-refractivity contribution in [1.29, 1.82) is 0 Å². The number of halogens is 3. The minimum Gasteiger partial charge on any atom is -0.345 e. The second kappa shape index (κ2) is 13.6. The standard InChI is InChI=1S/C37H41F3N8O4/c1-22(49)34-28-13-25(26-17-41-23(2)42-18-26)12-24-8-6-4-5-7-9-32(51)45(3)20-36-15-29(30(50)14-27-10-11-46(43-27)21-37(38,39)40)48(31(36)16-36)33(52)19-47(44-34)35(24)28/h10-13,17-18,29,31H,4-9,14-16,19-21H2,1-3H3/t29-,31+,36-/m0/s1. The van der Waals surface area contributed by atoms with Crippen molar-refractivity contribution in [3.8, 4) is 11.1 Å². The number of carbonyl (C=O) groups excluding carboxylic acids is 4. The highest BCUT2D eigenvalue weighted by molar-refractivity contribution is 6.07. The van der Waals surface area contributed by atoms with E-state index in [1.165, 1.54) is 19.2 Å². The largest absolute Gasteiger partial charge is 0.408 e. The molecule has 2 bridgehead atoms. The highest BCUT2D eigenvalue weighted by atomic mass is 19.4. The first-order valence-electron chi connectivity index (χ1n) is 17.7. The molecule has 2 fully saturated rings. The molecule has 0 spiro atoms. The summed E-state index contributed by atoms with van der Waals surface area (Å²) in [4.78, 5) is 66.6. The maximum absolute atomic E-state index is 14.5. The molecule has 15 heteroatoms. The van der Waals surface area contributed by atoms with Crippen LogP contribution in [0.15, 0.2) is 36.8 Å². The van der Waals surface area contributed by atoms with E-state index in [1.54, 1.807) is 40.8 Å². The first-order valence-corrected chi connectivity index (χ1v) is 17.7. The lowest BCUT2D eigenvalue weighted by Gasteiger charge is -2.27. The van der Waals surface area contributed by atoms with Gasteiger partial charge in [0.15, 0.2) is 11.6 Å². The second-order valence-electron chi connectivity index (χ2n) is 14.6. The molecule has 3 aliphatic rings. The van der Waals surface area contributed by atoms with Crippen LogP contribution in [-0.2, 0) is 40.3 Å². The van der Waals surface area contributed by atoms with Gasteiger partial charge in [-0.15, -0.1) is 0 Å².